The molecular weight excluding hydrogens is 484 g/mol. The van der Waals surface area contributed by atoms with Crippen LogP contribution in [0, 0.1) is 11.6 Å². The van der Waals surface area contributed by atoms with E-state index in [2.05, 4.69) is 10.2 Å². The Hall–Kier alpha value is -3.05. The van der Waals surface area contributed by atoms with Crippen LogP contribution in [0.25, 0.3) is 0 Å². The summed E-state index contributed by atoms with van der Waals surface area (Å²) in [5.41, 5.74) is 1.77. The molecule has 5 rings (SSSR count). The highest BCUT2D eigenvalue weighted by Crippen LogP contribution is 2.34. The molecule has 1 aromatic heterocycles. The average molecular weight is 518 g/mol. The van der Waals surface area contributed by atoms with Crippen molar-refractivity contribution in [1.29, 1.82) is 0 Å². The Bertz CT molecular complexity index is 1140. The standard InChI is InChI=1S/C26H33F2N5O4/c1-15(34)33-10-7-22-23(14-33)30-25(29-18-12-20(13-18)36-16(2)35)26(31-22)32-8-5-19(6-9-32)37-24-4-3-17(27)11-21(24)28/h3-4,11,15,18-20,34H,5-10,12-14H2,1-2H3,(H,29,30). The number of piperidine rings is 1. The van der Waals surface area contributed by atoms with Gasteiger partial charge >= 0.3 is 5.97 Å². The van der Waals surface area contributed by atoms with Gasteiger partial charge < -0.3 is 24.8 Å². The molecule has 9 nitrogen and oxygen atoms in total. The topological polar surface area (TPSA) is 100 Å². The molecule has 3 aliphatic rings. The molecule has 0 amide bonds. The molecule has 1 saturated heterocycles. The largest absolute Gasteiger partial charge is 0.487 e. The van der Waals surface area contributed by atoms with Crippen LogP contribution in [0.1, 0.15) is 50.9 Å². The number of anilines is 2. The normalized spacial score (nSPS) is 23.1. The lowest BCUT2D eigenvalue weighted by molar-refractivity contribution is -0.150. The number of aliphatic hydroxyl groups excluding tert-OH is 1. The summed E-state index contributed by atoms with van der Waals surface area (Å²) in [5.74, 6) is -0.0959. The van der Waals surface area contributed by atoms with Gasteiger partial charge in [-0.2, -0.15) is 0 Å². The second kappa shape index (κ2) is 10.7. The fourth-order valence-electron chi connectivity index (χ4n) is 5.12. The number of fused-ring (bicyclic) bond motifs is 1. The van der Waals surface area contributed by atoms with Gasteiger partial charge in [0.05, 0.1) is 11.4 Å². The van der Waals surface area contributed by atoms with Gasteiger partial charge in [0.2, 0.25) is 0 Å². The molecule has 0 bridgehead atoms. The van der Waals surface area contributed by atoms with E-state index in [9.17, 15) is 18.7 Å². The maximum atomic E-state index is 14.0. The maximum absolute atomic E-state index is 14.0. The molecule has 0 spiro atoms. The predicted octanol–water partition coefficient (Wildman–Crippen LogP) is 3.01. The second-order valence-corrected chi connectivity index (χ2v) is 10.1. The van der Waals surface area contributed by atoms with E-state index in [1.54, 1.807) is 6.92 Å². The lowest BCUT2D eigenvalue weighted by Crippen LogP contribution is -2.44. The quantitative estimate of drug-likeness (QED) is 0.537. The van der Waals surface area contributed by atoms with E-state index in [-0.39, 0.29) is 30.0 Å². The fourth-order valence-corrected chi connectivity index (χ4v) is 5.12. The molecule has 37 heavy (non-hydrogen) atoms. The van der Waals surface area contributed by atoms with Crippen molar-refractivity contribution in [2.24, 2.45) is 0 Å². The van der Waals surface area contributed by atoms with E-state index in [1.807, 2.05) is 4.90 Å². The van der Waals surface area contributed by atoms with Crippen molar-refractivity contribution in [1.82, 2.24) is 14.9 Å². The van der Waals surface area contributed by atoms with Crippen molar-refractivity contribution in [3.63, 3.8) is 0 Å². The van der Waals surface area contributed by atoms with Gasteiger partial charge in [0.1, 0.15) is 24.3 Å². The number of halogens is 2. The van der Waals surface area contributed by atoms with Crippen LogP contribution in [0.5, 0.6) is 5.75 Å². The summed E-state index contributed by atoms with van der Waals surface area (Å²) in [6.07, 6.45) is 2.58. The van der Waals surface area contributed by atoms with E-state index >= 15 is 0 Å². The third-order valence-electron chi connectivity index (χ3n) is 7.25. The van der Waals surface area contributed by atoms with E-state index in [0.29, 0.717) is 64.1 Å². The first kappa shape index (κ1) is 25.6. The zero-order valence-corrected chi connectivity index (χ0v) is 21.1. The Morgan fingerprint density at radius 2 is 1.89 bits per heavy atom. The van der Waals surface area contributed by atoms with Gasteiger partial charge in [-0.25, -0.2) is 18.7 Å². The van der Waals surface area contributed by atoms with Crippen molar-refractivity contribution in [3.05, 3.63) is 41.2 Å². The Labute approximate surface area is 214 Å². The van der Waals surface area contributed by atoms with Gasteiger partial charge in [-0.1, -0.05) is 0 Å². The van der Waals surface area contributed by atoms with Gasteiger partial charge in [0.15, 0.2) is 23.2 Å². The number of nitrogens with one attached hydrogen (secondary N) is 1. The summed E-state index contributed by atoms with van der Waals surface area (Å²) in [6.45, 7) is 5.69. The van der Waals surface area contributed by atoms with Gasteiger partial charge in [0.25, 0.3) is 0 Å². The number of hydrogen-bond donors (Lipinski definition) is 2. The minimum Gasteiger partial charge on any atom is -0.487 e. The third kappa shape index (κ3) is 5.93. The number of nitrogens with zero attached hydrogens (tertiary/aromatic N) is 4. The molecule has 1 saturated carbocycles. The van der Waals surface area contributed by atoms with Gasteiger partial charge in [-0.05, 0) is 19.1 Å². The first-order valence-electron chi connectivity index (χ1n) is 12.9. The molecule has 1 atom stereocenters. The molecule has 2 aromatic rings. The predicted molar refractivity (Wildman–Crippen MR) is 132 cm³/mol. The lowest BCUT2D eigenvalue weighted by Gasteiger charge is -2.38. The van der Waals surface area contributed by atoms with Gasteiger partial charge in [-0.3, -0.25) is 9.69 Å². The molecule has 1 aromatic carbocycles. The molecule has 2 fully saturated rings. The van der Waals surface area contributed by atoms with Crippen LogP contribution in [0.4, 0.5) is 20.4 Å². The summed E-state index contributed by atoms with van der Waals surface area (Å²) >= 11 is 0. The van der Waals surface area contributed by atoms with E-state index < -0.39 is 17.9 Å². The number of aliphatic hydroxyl groups is 1. The van der Waals surface area contributed by atoms with Crippen molar-refractivity contribution >= 4 is 17.6 Å². The van der Waals surface area contributed by atoms with E-state index in [4.69, 9.17) is 19.4 Å². The highest BCUT2D eigenvalue weighted by molar-refractivity contribution is 5.66. The van der Waals surface area contributed by atoms with Gasteiger partial charge in [0, 0.05) is 77.3 Å². The lowest BCUT2D eigenvalue weighted by atomic mass is 9.89. The minimum absolute atomic E-state index is 0.0609. The smallest absolute Gasteiger partial charge is 0.302 e. The summed E-state index contributed by atoms with van der Waals surface area (Å²) in [6, 6.07) is 3.47. The second-order valence-electron chi connectivity index (χ2n) is 10.1. The van der Waals surface area contributed by atoms with Crippen LogP contribution < -0.4 is 15.0 Å². The summed E-state index contributed by atoms with van der Waals surface area (Å²) in [4.78, 5) is 25.3. The number of carbonyl (C=O) groups is 1. The summed E-state index contributed by atoms with van der Waals surface area (Å²) in [7, 11) is 0. The minimum atomic E-state index is -0.701. The van der Waals surface area contributed by atoms with Crippen LogP contribution in [0.2, 0.25) is 0 Å². The number of hydrogen-bond acceptors (Lipinski definition) is 9. The molecule has 1 unspecified atom stereocenters. The average Bonchev–Trinajstić information content (AvgIpc) is 2.84. The molecule has 11 heteroatoms. The van der Waals surface area contributed by atoms with Crippen molar-refractivity contribution in [2.45, 2.75) is 77.0 Å². The SMILES string of the molecule is CC(=O)OC1CC(Nc2nc3c(nc2N2CCC(Oc4ccc(F)cc4F)CC2)CCN(C(C)O)C3)C1. The van der Waals surface area contributed by atoms with E-state index in [0.717, 1.165) is 23.3 Å². The number of carbonyl (C=O) groups excluding carboxylic acids is 1. The first-order valence-corrected chi connectivity index (χ1v) is 12.9. The molecule has 2 N–H and O–H groups in total. The number of esters is 1. The molecule has 200 valence electrons. The first-order chi connectivity index (χ1) is 17.7. The van der Waals surface area contributed by atoms with Crippen LogP contribution >= 0.6 is 0 Å². The van der Waals surface area contributed by atoms with Crippen LogP contribution in [-0.2, 0) is 22.5 Å². The Morgan fingerprint density at radius 1 is 1.14 bits per heavy atom. The number of rotatable bonds is 7. The molecule has 1 aliphatic carbocycles. The van der Waals surface area contributed by atoms with Crippen molar-refractivity contribution in [3.8, 4) is 5.75 Å². The Balaban J connectivity index is 1.29. The monoisotopic (exact) mass is 517 g/mol. The Kier molecular flexibility index (Phi) is 7.43. The number of ether oxygens (including phenoxy) is 2. The summed E-state index contributed by atoms with van der Waals surface area (Å²) < 4.78 is 38.4. The number of aromatic nitrogens is 2. The molecule has 0 radical (unpaired) electrons. The van der Waals surface area contributed by atoms with Crippen molar-refractivity contribution in [2.75, 3.05) is 29.9 Å². The van der Waals surface area contributed by atoms with Crippen molar-refractivity contribution < 1.29 is 28.2 Å². The summed E-state index contributed by atoms with van der Waals surface area (Å²) in [5, 5.41) is 13.5. The van der Waals surface area contributed by atoms with Crippen LogP contribution in [-0.4, -0.2) is 70.1 Å². The molecule has 2 aliphatic heterocycles. The van der Waals surface area contributed by atoms with E-state index in [1.165, 1.54) is 19.1 Å². The highest BCUT2D eigenvalue weighted by Gasteiger charge is 2.34. The fraction of sp³-hybridized carbons (Fsp3) is 0.577. The third-order valence-corrected chi connectivity index (χ3v) is 7.25. The molecular formula is C26H33F2N5O4. The zero-order valence-electron chi connectivity index (χ0n) is 21.1. The Morgan fingerprint density at radius 3 is 2.57 bits per heavy atom. The number of benzene rings is 1. The van der Waals surface area contributed by atoms with Gasteiger partial charge in [-0.15, -0.1) is 0 Å². The zero-order chi connectivity index (χ0) is 26.1. The maximum Gasteiger partial charge on any atom is 0.302 e. The molecule has 3 heterocycles. The van der Waals surface area contributed by atoms with Crippen LogP contribution in [0.3, 0.4) is 0 Å². The van der Waals surface area contributed by atoms with Crippen LogP contribution in [0.15, 0.2) is 18.2 Å². The highest BCUT2D eigenvalue weighted by atomic mass is 19.1.